The van der Waals surface area contributed by atoms with Gasteiger partial charge in [0.05, 0.1) is 0 Å². The fourth-order valence-electron chi connectivity index (χ4n) is 3.93. The number of hydrogen-bond acceptors (Lipinski definition) is 1. The second kappa shape index (κ2) is 4.81. The molecule has 1 aromatic rings. The van der Waals surface area contributed by atoms with Crippen molar-refractivity contribution < 1.29 is 4.39 Å². The lowest BCUT2D eigenvalue weighted by molar-refractivity contribution is 0.105. The summed E-state index contributed by atoms with van der Waals surface area (Å²) in [5.74, 6) is -0.126. The minimum Gasteiger partial charge on any atom is -0.382 e. The summed E-state index contributed by atoms with van der Waals surface area (Å²) < 4.78 is 13.6. The zero-order valence-electron chi connectivity index (χ0n) is 12.8. The maximum absolute atomic E-state index is 13.6. The Labute approximate surface area is 116 Å². The molecule has 0 unspecified atom stereocenters. The van der Waals surface area contributed by atoms with Crippen LogP contribution in [0.2, 0.25) is 0 Å². The summed E-state index contributed by atoms with van der Waals surface area (Å²) >= 11 is 0. The summed E-state index contributed by atoms with van der Waals surface area (Å²) in [5, 5.41) is 3.56. The topological polar surface area (TPSA) is 12.0 Å². The summed E-state index contributed by atoms with van der Waals surface area (Å²) in [7, 11) is 0. The smallest absolute Gasteiger partial charge is 0.128 e. The van der Waals surface area contributed by atoms with E-state index < -0.39 is 0 Å². The minimum atomic E-state index is -0.126. The Morgan fingerprint density at radius 1 is 1.11 bits per heavy atom. The van der Waals surface area contributed by atoms with E-state index in [0.29, 0.717) is 16.9 Å². The van der Waals surface area contributed by atoms with Crippen molar-refractivity contribution in [2.75, 3.05) is 5.32 Å². The van der Waals surface area contributed by atoms with Crippen LogP contribution < -0.4 is 5.32 Å². The van der Waals surface area contributed by atoms with Crippen molar-refractivity contribution in [1.82, 2.24) is 0 Å². The highest BCUT2D eigenvalue weighted by Gasteiger charge is 2.38. The minimum absolute atomic E-state index is 0.126. The molecule has 2 rings (SSSR count). The van der Waals surface area contributed by atoms with Gasteiger partial charge in [-0.1, -0.05) is 33.8 Å². The second-order valence-electron chi connectivity index (χ2n) is 7.67. The highest BCUT2D eigenvalue weighted by molar-refractivity contribution is 5.51. The molecule has 0 atom stereocenters. The lowest BCUT2D eigenvalue weighted by Gasteiger charge is -2.45. The highest BCUT2D eigenvalue weighted by Crippen LogP contribution is 2.46. The van der Waals surface area contributed by atoms with Gasteiger partial charge >= 0.3 is 0 Å². The van der Waals surface area contributed by atoms with Crippen LogP contribution in [0.4, 0.5) is 10.1 Å². The molecule has 1 nitrogen and oxygen atoms in total. The van der Waals surface area contributed by atoms with E-state index in [1.165, 1.54) is 12.5 Å². The van der Waals surface area contributed by atoms with Crippen LogP contribution in [0, 0.1) is 23.6 Å². The molecule has 0 radical (unpaired) electrons. The Bertz CT molecular complexity index is 446. The molecule has 1 saturated carbocycles. The molecular weight excluding hydrogens is 237 g/mol. The molecule has 0 aliphatic heterocycles. The molecule has 0 bridgehead atoms. The first kappa shape index (κ1) is 14.4. The van der Waals surface area contributed by atoms with Gasteiger partial charge in [0.1, 0.15) is 5.82 Å². The Hall–Kier alpha value is -1.05. The largest absolute Gasteiger partial charge is 0.382 e. The van der Waals surface area contributed by atoms with Crippen molar-refractivity contribution >= 4 is 5.69 Å². The van der Waals surface area contributed by atoms with Crippen molar-refractivity contribution in [1.29, 1.82) is 0 Å². The molecule has 1 aliphatic rings. The van der Waals surface area contributed by atoms with Gasteiger partial charge in [-0.25, -0.2) is 4.39 Å². The average Bonchev–Trinajstić information content (AvgIpc) is 2.20. The summed E-state index contributed by atoms with van der Waals surface area (Å²) in [6.07, 6.45) is 3.54. The van der Waals surface area contributed by atoms with Crippen LogP contribution in [-0.2, 0) is 0 Å². The zero-order chi connectivity index (χ0) is 14.3. The maximum Gasteiger partial charge on any atom is 0.128 e. The third kappa shape index (κ3) is 3.49. The second-order valence-corrected chi connectivity index (χ2v) is 7.67. The summed E-state index contributed by atoms with van der Waals surface area (Å²) in [6.45, 7) is 11.2. The monoisotopic (exact) mass is 263 g/mol. The number of benzene rings is 1. The van der Waals surface area contributed by atoms with E-state index in [4.69, 9.17) is 0 Å². The number of rotatable bonds is 2. The van der Waals surface area contributed by atoms with E-state index >= 15 is 0 Å². The molecule has 106 valence electrons. The summed E-state index contributed by atoms with van der Waals surface area (Å²) in [6, 6.07) is 5.71. The van der Waals surface area contributed by atoms with Gasteiger partial charge in [0.15, 0.2) is 0 Å². The van der Waals surface area contributed by atoms with Gasteiger partial charge in [0, 0.05) is 17.3 Å². The van der Waals surface area contributed by atoms with Crippen molar-refractivity contribution in [2.24, 2.45) is 10.8 Å². The Morgan fingerprint density at radius 2 is 1.68 bits per heavy atom. The standard InChI is InChI=1S/C17H26FN/c1-12-14(18)7-6-8-15(12)19-13-9-16(2,3)11-17(4,5)10-13/h6-8,13,19H,9-11H2,1-5H3. The first-order chi connectivity index (χ1) is 8.69. The lowest BCUT2D eigenvalue weighted by atomic mass is 9.63. The molecular formula is C17H26FN. The predicted molar refractivity (Wildman–Crippen MR) is 80.0 cm³/mol. The van der Waals surface area contributed by atoms with Gasteiger partial charge in [0.25, 0.3) is 0 Å². The van der Waals surface area contributed by atoms with Crippen LogP contribution in [-0.4, -0.2) is 6.04 Å². The lowest BCUT2D eigenvalue weighted by Crippen LogP contribution is -2.40. The first-order valence-electron chi connectivity index (χ1n) is 7.20. The molecule has 19 heavy (non-hydrogen) atoms. The van der Waals surface area contributed by atoms with Gasteiger partial charge in [-0.05, 0) is 49.1 Å². The molecule has 1 N–H and O–H groups in total. The fourth-order valence-corrected chi connectivity index (χ4v) is 3.93. The molecule has 0 spiro atoms. The van der Waals surface area contributed by atoms with E-state index in [1.807, 2.05) is 13.0 Å². The molecule has 1 aliphatic carbocycles. The van der Waals surface area contributed by atoms with E-state index in [1.54, 1.807) is 6.07 Å². The molecule has 2 heteroatoms. The highest BCUT2D eigenvalue weighted by atomic mass is 19.1. The normalized spacial score (nSPS) is 22.2. The third-order valence-corrected chi connectivity index (χ3v) is 4.18. The zero-order valence-corrected chi connectivity index (χ0v) is 12.8. The van der Waals surface area contributed by atoms with E-state index in [0.717, 1.165) is 24.1 Å². The van der Waals surface area contributed by atoms with Gasteiger partial charge in [-0.2, -0.15) is 0 Å². The molecule has 0 amide bonds. The van der Waals surface area contributed by atoms with Gasteiger partial charge in [-0.3, -0.25) is 0 Å². The van der Waals surface area contributed by atoms with Crippen molar-refractivity contribution in [3.63, 3.8) is 0 Å². The van der Waals surface area contributed by atoms with Crippen LogP contribution >= 0.6 is 0 Å². The quantitative estimate of drug-likeness (QED) is 0.778. The Balaban J connectivity index is 2.16. The van der Waals surface area contributed by atoms with Crippen LogP contribution in [0.5, 0.6) is 0 Å². The van der Waals surface area contributed by atoms with Crippen molar-refractivity contribution in [2.45, 2.75) is 59.9 Å². The van der Waals surface area contributed by atoms with E-state index in [2.05, 4.69) is 33.0 Å². The Morgan fingerprint density at radius 3 is 2.26 bits per heavy atom. The SMILES string of the molecule is Cc1c(F)cccc1NC1CC(C)(C)CC(C)(C)C1. The number of anilines is 1. The van der Waals surface area contributed by atoms with Gasteiger partial charge in [0.2, 0.25) is 0 Å². The predicted octanol–water partition coefficient (Wildman–Crippen LogP) is 5.15. The first-order valence-corrected chi connectivity index (χ1v) is 7.20. The molecule has 0 aromatic heterocycles. The molecule has 1 fully saturated rings. The molecule has 1 aromatic carbocycles. The van der Waals surface area contributed by atoms with Crippen LogP contribution in [0.25, 0.3) is 0 Å². The third-order valence-electron chi connectivity index (χ3n) is 4.18. The molecule has 0 saturated heterocycles. The molecule has 0 heterocycles. The van der Waals surface area contributed by atoms with Gasteiger partial charge < -0.3 is 5.32 Å². The summed E-state index contributed by atoms with van der Waals surface area (Å²) in [4.78, 5) is 0. The van der Waals surface area contributed by atoms with Crippen molar-refractivity contribution in [3.05, 3.63) is 29.6 Å². The van der Waals surface area contributed by atoms with Gasteiger partial charge in [-0.15, -0.1) is 0 Å². The van der Waals surface area contributed by atoms with E-state index in [9.17, 15) is 4.39 Å². The van der Waals surface area contributed by atoms with Crippen molar-refractivity contribution in [3.8, 4) is 0 Å². The fraction of sp³-hybridized carbons (Fsp3) is 0.647. The summed E-state index contributed by atoms with van der Waals surface area (Å²) in [5.41, 5.74) is 2.36. The van der Waals surface area contributed by atoms with Crippen LogP contribution in [0.15, 0.2) is 18.2 Å². The maximum atomic E-state index is 13.6. The Kier molecular flexibility index (Phi) is 3.63. The average molecular weight is 263 g/mol. The number of hydrogen-bond donors (Lipinski definition) is 1. The van der Waals surface area contributed by atoms with Crippen LogP contribution in [0.3, 0.4) is 0 Å². The number of halogens is 1. The van der Waals surface area contributed by atoms with Crippen LogP contribution in [0.1, 0.15) is 52.5 Å². The number of nitrogens with one attached hydrogen (secondary N) is 1. The van der Waals surface area contributed by atoms with E-state index in [-0.39, 0.29) is 5.82 Å².